The maximum atomic E-state index is 13.2. The number of fused-ring (bicyclic) bond motifs is 1. The minimum atomic E-state index is -0.403. The van der Waals surface area contributed by atoms with Gasteiger partial charge in [0.1, 0.15) is 5.65 Å². The Hall–Kier alpha value is -2.15. The van der Waals surface area contributed by atoms with Crippen LogP contribution in [0.1, 0.15) is 32.1 Å². The Balaban J connectivity index is 1.32. The number of anilines is 1. The van der Waals surface area contributed by atoms with Gasteiger partial charge in [0.25, 0.3) is 0 Å². The minimum Gasteiger partial charge on any atom is -0.391 e. The second-order valence-electron chi connectivity index (χ2n) is 8.23. The van der Waals surface area contributed by atoms with Crippen LogP contribution in [0.2, 0.25) is 0 Å². The molecule has 1 unspecified atom stereocenters. The van der Waals surface area contributed by atoms with E-state index >= 15 is 0 Å². The van der Waals surface area contributed by atoms with Crippen molar-refractivity contribution in [2.24, 2.45) is 11.3 Å². The van der Waals surface area contributed by atoms with Gasteiger partial charge in [-0.05, 0) is 44.1 Å². The Morgan fingerprint density at radius 2 is 2.12 bits per heavy atom. The molecule has 138 valence electrons. The highest BCUT2D eigenvalue weighted by molar-refractivity contribution is 5.84. The summed E-state index contributed by atoms with van der Waals surface area (Å²) in [4.78, 5) is 29.5. The van der Waals surface area contributed by atoms with Crippen molar-refractivity contribution in [3.63, 3.8) is 0 Å². The predicted molar refractivity (Wildman–Crippen MR) is 97.7 cm³/mol. The van der Waals surface area contributed by atoms with Gasteiger partial charge in [0.15, 0.2) is 0 Å². The van der Waals surface area contributed by atoms with Crippen molar-refractivity contribution in [3.05, 3.63) is 18.5 Å². The van der Waals surface area contributed by atoms with Gasteiger partial charge >= 0.3 is 0 Å². The molecule has 1 atom stereocenters. The molecule has 4 heterocycles. The quantitative estimate of drug-likeness (QED) is 0.872. The third-order valence-electron chi connectivity index (χ3n) is 6.26. The summed E-state index contributed by atoms with van der Waals surface area (Å²) in [5, 5.41) is 11.4. The number of carbonyl (C=O) groups excluding carboxylic acids is 1. The van der Waals surface area contributed by atoms with Crippen LogP contribution < -0.4 is 4.90 Å². The van der Waals surface area contributed by atoms with E-state index in [1.807, 2.05) is 23.4 Å². The lowest BCUT2D eigenvalue weighted by atomic mass is 9.71. The fraction of sp³-hybridized carbons (Fsp3) is 0.632. The number of amides is 1. The number of aliphatic hydroxyl groups excluding tert-OH is 1. The third kappa shape index (κ3) is 2.74. The van der Waals surface area contributed by atoms with Gasteiger partial charge in [-0.1, -0.05) is 0 Å². The van der Waals surface area contributed by atoms with Gasteiger partial charge in [-0.3, -0.25) is 4.79 Å². The number of hydrogen-bond acceptors (Lipinski definition) is 5. The van der Waals surface area contributed by atoms with Gasteiger partial charge in [-0.2, -0.15) is 4.98 Å². The Bertz CT molecular complexity index is 820. The molecule has 2 saturated heterocycles. The van der Waals surface area contributed by atoms with Crippen molar-refractivity contribution in [2.75, 3.05) is 31.1 Å². The molecule has 1 amide bonds. The number of hydrogen-bond donors (Lipinski definition) is 2. The predicted octanol–water partition coefficient (Wildman–Crippen LogP) is 1.55. The molecule has 2 N–H and O–H groups in total. The summed E-state index contributed by atoms with van der Waals surface area (Å²) in [6.45, 7) is 2.84. The Kier molecular flexibility index (Phi) is 3.67. The molecule has 2 aromatic heterocycles. The van der Waals surface area contributed by atoms with Crippen molar-refractivity contribution in [3.8, 4) is 0 Å². The van der Waals surface area contributed by atoms with E-state index in [1.165, 1.54) is 12.8 Å². The molecule has 2 aliphatic heterocycles. The highest BCUT2D eigenvalue weighted by atomic mass is 16.3. The topological polar surface area (TPSA) is 85.4 Å². The number of nitrogens with zero attached hydrogens (tertiary/aromatic N) is 4. The van der Waals surface area contributed by atoms with E-state index in [0.717, 1.165) is 43.5 Å². The lowest BCUT2D eigenvalue weighted by Crippen LogP contribution is -2.58. The average Bonchev–Trinajstić information content (AvgIpc) is 3.33. The summed E-state index contributed by atoms with van der Waals surface area (Å²) in [7, 11) is 0. The Morgan fingerprint density at radius 3 is 2.88 bits per heavy atom. The third-order valence-corrected chi connectivity index (χ3v) is 6.26. The zero-order valence-corrected chi connectivity index (χ0v) is 14.9. The molecular formula is C19H25N5O2. The van der Waals surface area contributed by atoms with E-state index in [-0.39, 0.29) is 5.91 Å². The van der Waals surface area contributed by atoms with Gasteiger partial charge in [0, 0.05) is 44.0 Å². The molecule has 3 aliphatic rings. The second-order valence-corrected chi connectivity index (χ2v) is 8.23. The van der Waals surface area contributed by atoms with E-state index in [9.17, 15) is 9.90 Å². The first-order chi connectivity index (χ1) is 12.6. The lowest BCUT2D eigenvalue weighted by Gasteiger charge is -2.48. The van der Waals surface area contributed by atoms with Crippen LogP contribution in [0.3, 0.4) is 0 Å². The number of carbonyl (C=O) groups is 1. The van der Waals surface area contributed by atoms with Crippen LogP contribution in [0.15, 0.2) is 18.5 Å². The van der Waals surface area contributed by atoms with E-state index in [0.29, 0.717) is 24.8 Å². The summed E-state index contributed by atoms with van der Waals surface area (Å²) >= 11 is 0. The molecule has 1 spiro atoms. The first-order valence-corrected chi connectivity index (χ1v) is 9.65. The number of aromatic amines is 1. The van der Waals surface area contributed by atoms with Gasteiger partial charge in [0.2, 0.25) is 11.9 Å². The van der Waals surface area contributed by atoms with Crippen molar-refractivity contribution in [1.29, 1.82) is 0 Å². The van der Waals surface area contributed by atoms with E-state index in [2.05, 4.69) is 19.9 Å². The number of β-amino-alcohol motifs (C(OH)–C–C–N with tert-alkyl or cyclic N) is 1. The smallest absolute Gasteiger partial charge is 0.229 e. The van der Waals surface area contributed by atoms with Gasteiger partial charge in [0.05, 0.1) is 11.5 Å². The van der Waals surface area contributed by atoms with Crippen molar-refractivity contribution < 1.29 is 9.90 Å². The molecule has 7 nitrogen and oxygen atoms in total. The zero-order valence-electron chi connectivity index (χ0n) is 14.9. The summed E-state index contributed by atoms with van der Waals surface area (Å²) in [6, 6.07) is 1.96. The SMILES string of the molecule is O=C1N(CC2CC2)CC(O)CC12CCN(c1ncc3cc[nH]c3n1)CC2. The maximum Gasteiger partial charge on any atom is 0.229 e. The van der Waals surface area contributed by atoms with Gasteiger partial charge < -0.3 is 19.9 Å². The number of aliphatic hydroxyl groups is 1. The molecule has 1 saturated carbocycles. The van der Waals surface area contributed by atoms with E-state index in [4.69, 9.17) is 0 Å². The highest BCUT2D eigenvalue weighted by Crippen LogP contribution is 2.43. The standard InChI is InChI=1S/C19H25N5O2/c25-15-9-19(17(26)24(12-15)11-13-1-2-13)4-7-23(8-5-19)18-21-10-14-3-6-20-16(14)22-18/h3,6,10,13,15,25H,1-2,4-5,7-9,11-12H2,(H,20,21,22). The van der Waals surface area contributed by atoms with Crippen LogP contribution in [0.25, 0.3) is 11.0 Å². The van der Waals surface area contributed by atoms with Crippen LogP contribution in [-0.4, -0.2) is 63.1 Å². The first kappa shape index (κ1) is 16.1. The van der Waals surface area contributed by atoms with Crippen molar-refractivity contribution in [1.82, 2.24) is 19.9 Å². The Labute approximate surface area is 152 Å². The van der Waals surface area contributed by atoms with Crippen LogP contribution in [-0.2, 0) is 4.79 Å². The second kappa shape index (κ2) is 5.94. The van der Waals surface area contributed by atoms with Crippen LogP contribution >= 0.6 is 0 Å². The number of H-pyrrole nitrogens is 1. The zero-order chi connectivity index (χ0) is 17.7. The molecule has 7 heteroatoms. The summed E-state index contributed by atoms with van der Waals surface area (Å²) in [6.07, 6.45) is 7.86. The Morgan fingerprint density at radius 1 is 1.31 bits per heavy atom. The highest BCUT2D eigenvalue weighted by Gasteiger charge is 2.49. The van der Waals surface area contributed by atoms with Crippen molar-refractivity contribution in [2.45, 2.75) is 38.2 Å². The molecule has 1 aliphatic carbocycles. The number of likely N-dealkylation sites (tertiary alicyclic amines) is 1. The lowest BCUT2D eigenvalue weighted by molar-refractivity contribution is -0.154. The molecule has 26 heavy (non-hydrogen) atoms. The summed E-state index contributed by atoms with van der Waals surface area (Å²) in [5.74, 6) is 1.63. The molecule has 2 aromatic rings. The minimum absolute atomic E-state index is 0.259. The maximum absolute atomic E-state index is 13.2. The average molecular weight is 355 g/mol. The van der Waals surface area contributed by atoms with Crippen molar-refractivity contribution >= 4 is 22.9 Å². The summed E-state index contributed by atoms with van der Waals surface area (Å²) < 4.78 is 0. The number of aromatic nitrogens is 3. The van der Waals surface area contributed by atoms with Gasteiger partial charge in [-0.15, -0.1) is 0 Å². The molecule has 5 rings (SSSR count). The normalized spacial score (nSPS) is 26.0. The molecular weight excluding hydrogens is 330 g/mol. The van der Waals surface area contributed by atoms with E-state index in [1.54, 1.807) is 0 Å². The monoisotopic (exact) mass is 355 g/mol. The fourth-order valence-corrected chi connectivity index (χ4v) is 4.58. The van der Waals surface area contributed by atoms with Crippen LogP contribution in [0.4, 0.5) is 5.95 Å². The largest absolute Gasteiger partial charge is 0.391 e. The van der Waals surface area contributed by atoms with E-state index < -0.39 is 11.5 Å². The molecule has 0 radical (unpaired) electrons. The van der Waals surface area contributed by atoms with Crippen LogP contribution in [0, 0.1) is 11.3 Å². The summed E-state index contributed by atoms with van der Waals surface area (Å²) in [5.41, 5.74) is 0.439. The molecule has 3 fully saturated rings. The van der Waals surface area contributed by atoms with Gasteiger partial charge in [-0.25, -0.2) is 4.98 Å². The number of piperidine rings is 2. The molecule has 0 aromatic carbocycles. The first-order valence-electron chi connectivity index (χ1n) is 9.65. The van der Waals surface area contributed by atoms with Crippen LogP contribution in [0.5, 0.6) is 0 Å². The number of nitrogens with one attached hydrogen (secondary N) is 1. The number of rotatable bonds is 3. The fourth-order valence-electron chi connectivity index (χ4n) is 4.58. The molecule has 0 bridgehead atoms.